The summed E-state index contributed by atoms with van der Waals surface area (Å²) in [5.74, 6) is 0.721. The van der Waals surface area contributed by atoms with Crippen LogP contribution in [0.5, 0.6) is 11.5 Å². The first kappa shape index (κ1) is 22.5. The number of ketones is 1. The van der Waals surface area contributed by atoms with E-state index in [1.165, 1.54) is 0 Å². The maximum absolute atomic E-state index is 13.3. The Morgan fingerprint density at radius 2 is 1.31 bits per heavy atom. The first-order chi connectivity index (χ1) is 17.7. The SMILES string of the molecule is COC1C(c2ccccc2)Oc2ccccc2C1c1ccc2c(c1)C(=O)C(O)C(c1ccccc1)O2. The van der Waals surface area contributed by atoms with Crippen LogP contribution in [0.15, 0.2) is 103 Å². The van der Waals surface area contributed by atoms with Crippen LogP contribution in [0.2, 0.25) is 0 Å². The molecule has 2 aliphatic heterocycles. The van der Waals surface area contributed by atoms with Gasteiger partial charge in [-0.1, -0.05) is 84.9 Å². The van der Waals surface area contributed by atoms with Crippen molar-refractivity contribution < 1.29 is 24.1 Å². The molecule has 0 aliphatic carbocycles. The van der Waals surface area contributed by atoms with Crippen LogP contribution < -0.4 is 9.47 Å². The fourth-order valence-electron chi connectivity index (χ4n) is 5.36. The average molecular weight is 479 g/mol. The third-order valence-electron chi connectivity index (χ3n) is 7.10. The molecule has 5 nitrogen and oxygen atoms in total. The molecule has 0 spiro atoms. The van der Waals surface area contributed by atoms with Crippen molar-refractivity contribution >= 4 is 5.78 Å². The van der Waals surface area contributed by atoms with Crippen LogP contribution in [0.3, 0.4) is 0 Å². The van der Waals surface area contributed by atoms with E-state index < -0.39 is 12.2 Å². The normalized spacial score (nSPS) is 24.7. The van der Waals surface area contributed by atoms with Crippen molar-refractivity contribution in [1.82, 2.24) is 0 Å². The third-order valence-corrected chi connectivity index (χ3v) is 7.10. The number of carbonyl (C=O) groups excluding carboxylic acids is 1. The number of rotatable bonds is 4. The molecular weight excluding hydrogens is 452 g/mol. The Bertz CT molecular complexity index is 1380. The summed E-state index contributed by atoms with van der Waals surface area (Å²) in [5.41, 5.74) is 4.05. The zero-order valence-electron chi connectivity index (χ0n) is 19.8. The summed E-state index contributed by atoms with van der Waals surface area (Å²) < 4.78 is 18.6. The lowest BCUT2D eigenvalue weighted by atomic mass is 9.79. The second-order valence-electron chi connectivity index (χ2n) is 9.18. The molecule has 5 heteroatoms. The molecule has 0 fully saturated rings. The largest absolute Gasteiger partial charge is 0.483 e. The molecule has 0 saturated heterocycles. The molecule has 0 amide bonds. The number of aliphatic hydroxyl groups is 1. The maximum atomic E-state index is 13.3. The molecule has 0 aromatic heterocycles. The molecule has 36 heavy (non-hydrogen) atoms. The van der Waals surface area contributed by atoms with Crippen LogP contribution in [-0.4, -0.2) is 30.2 Å². The van der Waals surface area contributed by atoms with Gasteiger partial charge in [0.05, 0.1) is 5.56 Å². The van der Waals surface area contributed by atoms with Gasteiger partial charge >= 0.3 is 0 Å². The van der Waals surface area contributed by atoms with Gasteiger partial charge in [-0.15, -0.1) is 0 Å². The minimum absolute atomic E-state index is 0.188. The number of hydrogen-bond donors (Lipinski definition) is 1. The van der Waals surface area contributed by atoms with Crippen LogP contribution in [0.1, 0.15) is 50.7 Å². The Kier molecular flexibility index (Phi) is 5.80. The first-order valence-corrected chi connectivity index (χ1v) is 12.1. The highest BCUT2D eigenvalue weighted by Gasteiger charge is 2.42. The number of aliphatic hydroxyl groups excluding tert-OH is 1. The van der Waals surface area contributed by atoms with Crippen molar-refractivity contribution in [2.45, 2.75) is 30.3 Å². The molecular formula is C31H26O5. The molecule has 0 bridgehead atoms. The summed E-state index contributed by atoms with van der Waals surface area (Å²) >= 11 is 0. The number of benzene rings is 4. The predicted molar refractivity (Wildman–Crippen MR) is 135 cm³/mol. The highest BCUT2D eigenvalue weighted by Crippen LogP contribution is 2.48. The highest BCUT2D eigenvalue weighted by molar-refractivity contribution is 6.03. The van der Waals surface area contributed by atoms with Crippen LogP contribution in [0.25, 0.3) is 0 Å². The quantitative estimate of drug-likeness (QED) is 0.411. The summed E-state index contributed by atoms with van der Waals surface area (Å²) in [4.78, 5) is 13.3. The van der Waals surface area contributed by atoms with Gasteiger partial charge in [-0.05, 0) is 34.9 Å². The lowest BCUT2D eigenvalue weighted by Gasteiger charge is -2.39. The maximum Gasteiger partial charge on any atom is 0.199 e. The minimum atomic E-state index is -1.28. The number of methoxy groups -OCH3 is 1. The number of carbonyl (C=O) groups is 1. The Morgan fingerprint density at radius 1 is 0.694 bits per heavy atom. The summed E-state index contributed by atoms with van der Waals surface area (Å²) in [6, 6.07) is 32.9. The topological polar surface area (TPSA) is 65.0 Å². The zero-order valence-corrected chi connectivity index (χ0v) is 19.8. The van der Waals surface area contributed by atoms with Gasteiger partial charge in [0.1, 0.15) is 17.6 Å². The van der Waals surface area contributed by atoms with Crippen molar-refractivity contribution in [2.24, 2.45) is 0 Å². The van der Waals surface area contributed by atoms with Gasteiger partial charge in [0.2, 0.25) is 0 Å². The van der Waals surface area contributed by atoms with E-state index in [-0.39, 0.29) is 23.9 Å². The van der Waals surface area contributed by atoms with Gasteiger partial charge in [-0.3, -0.25) is 4.79 Å². The number of ether oxygens (including phenoxy) is 3. The van der Waals surface area contributed by atoms with E-state index >= 15 is 0 Å². The zero-order chi connectivity index (χ0) is 24.6. The van der Waals surface area contributed by atoms with Crippen LogP contribution in [0.4, 0.5) is 0 Å². The fourth-order valence-corrected chi connectivity index (χ4v) is 5.36. The molecule has 1 N–H and O–H groups in total. The van der Waals surface area contributed by atoms with E-state index in [0.29, 0.717) is 11.3 Å². The second-order valence-corrected chi connectivity index (χ2v) is 9.18. The molecule has 4 aromatic rings. The molecule has 5 unspecified atom stereocenters. The number of hydrogen-bond acceptors (Lipinski definition) is 5. The Balaban J connectivity index is 1.43. The van der Waals surface area contributed by atoms with Gasteiger partial charge in [0.15, 0.2) is 24.1 Å². The molecule has 5 atom stereocenters. The van der Waals surface area contributed by atoms with Crippen molar-refractivity contribution in [3.8, 4) is 11.5 Å². The number of para-hydroxylation sites is 1. The highest BCUT2D eigenvalue weighted by atomic mass is 16.5. The van der Waals surface area contributed by atoms with E-state index in [0.717, 1.165) is 28.0 Å². The molecule has 6 rings (SSSR count). The van der Waals surface area contributed by atoms with Gasteiger partial charge in [0, 0.05) is 18.6 Å². The molecule has 0 radical (unpaired) electrons. The van der Waals surface area contributed by atoms with Crippen LogP contribution in [-0.2, 0) is 4.74 Å². The Labute approximate surface area is 209 Å². The van der Waals surface area contributed by atoms with Crippen LogP contribution >= 0.6 is 0 Å². The van der Waals surface area contributed by atoms with Gasteiger partial charge in [-0.2, -0.15) is 0 Å². The molecule has 0 saturated carbocycles. The van der Waals surface area contributed by atoms with Crippen molar-refractivity contribution in [3.63, 3.8) is 0 Å². The van der Waals surface area contributed by atoms with E-state index in [1.54, 1.807) is 7.11 Å². The van der Waals surface area contributed by atoms with Gasteiger partial charge < -0.3 is 19.3 Å². The third kappa shape index (κ3) is 3.77. The lowest BCUT2D eigenvalue weighted by Crippen LogP contribution is -2.38. The summed E-state index contributed by atoms with van der Waals surface area (Å²) in [7, 11) is 1.69. The number of fused-ring (bicyclic) bond motifs is 2. The van der Waals surface area contributed by atoms with Gasteiger partial charge in [0.25, 0.3) is 0 Å². The van der Waals surface area contributed by atoms with Gasteiger partial charge in [-0.25, -0.2) is 0 Å². The minimum Gasteiger partial charge on any atom is -0.483 e. The fraction of sp³-hybridized carbons (Fsp3) is 0.194. The molecule has 4 aromatic carbocycles. The predicted octanol–water partition coefficient (Wildman–Crippen LogP) is 5.64. The number of Topliss-reactive ketones (excluding diaryl/α,β-unsaturated/α-hetero) is 1. The summed E-state index contributed by atoms with van der Waals surface area (Å²) in [6.45, 7) is 0. The Morgan fingerprint density at radius 3 is 2.00 bits per heavy atom. The van der Waals surface area contributed by atoms with Crippen molar-refractivity contribution in [1.29, 1.82) is 0 Å². The summed E-state index contributed by atoms with van der Waals surface area (Å²) in [6.07, 6.45) is -2.68. The van der Waals surface area contributed by atoms with Crippen LogP contribution in [0, 0.1) is 0 Å². The molecule has 2 aliphatic rings. The lowest BCUT2D eigenvalue weighted by molar-refractivity contribution is -0.0227. The van der Waals surface area contributed by atoms with E-state index in [9.17, 15) is 9.90 Å². The second kappa shape index (κ2) is 9.26. The molecule has 2 heterocycles. The summed E-state index contributed by atoms with van der Waals surface area (Å²) in [5, 5.41) is 10.9. The van der Waals surface area contributed by atoms with E-state index in [2.05, 4.69) is 0 Å². The smallest absolute Gasteiger partial charge is 0.199 e. The first-order valence-electron chi connectivity index (χ1n) is 12.1. The molecule has 180 valence electrons. The Hall–Kier alpha value is -3.93. The standard InChI is InChI=1S/C31H26O5/c1-34-31-26(22-14-8-9-15-24(22)36-30(31)20-12-6-3-7-13-20)21-16-17-25-23(18-21)27(32)28(33)29(35-25)19-10-4-2-5-11-19/h2-18,26,28-31,33H,1H3. The van der Waals surface area contributed by atoms with Crippen molar-refractivity contribution in [2.75, 3.05) is 7.11 Å². The average Bonchev–Trinajstić information content (AvgIpc) is 2.94. The van der Waals surface area contributed by atoms with E-state index in [4.69, 9.17) is 14.2 Å². The monoisotopic (exact) mass is 478 g/mol. The van der Waals surface area contributed by atoms with Crippen molar-refractivity contribution in [3.05, 3.63) is 131 Å². The van der Waals surface area contributed by atoms with E-state index in [1.807, 2.05) is 103 Å².